The van der Waals surface area contributed by atoms with Crippen molar-refractivity contribution in [2.75, 3.05) is 6.61 Å². The molecule has 1 aromatic rings. The molecule has 0 radical (unpaired) electrons. The van der Waals surface area contributed by atoms with Gasteiger partial charge in [-0.05, 0) is 46.8 Å². The van der Waals surface area contributed by atoms with Crippen molar-refractivity contribution in [2.24, 2.45) is 5.92 Å². The molecule has 1 saturated carbocycles. The molecule has 0 spiro atoms. The van der Waals surface area contributed by atoms with Crippen molar-refractivity contribution in [3.63, 3.8) is 0 Å². The number of benzene rings is 1. The first-order chi connectivity index (χ1) is 8.44. The molecule has 6 heteroatoms. The van der Waals surface area contributed by atoms with Crippen LogP contribution in [0.15, 0.2) is 22.7 Å². The molecule has 18 heavy (non-hydrogen) atoms. The Hall–Kier alpha value is -0.910. The summed E-state index contributed by atoms with van der Waals surface area (Å²) >= 11 is 3.01. The van der Waals surface area contributed by atoms with Crippen molar-refractivity contribution in [3.8, 4) is 11.5 Å². The summed E-state index contributed by atoms with van der Waals surface area (Å²) < 4.78 is 46.0. The Labute approximate surface area is 111 Å². The maximum absolute atomic E-state index is 12.1. The van der Waals surface area contributed by atoms with E-state index in [0.717, 1.165) is 12.8 Å². The lowest BCUT2D eigenvalue weighted by Gasteiger charge is -2.25. The monoisotopic (exact) mass is 324 g/mol. The Balaban J connectivity index is 2.00. The molecule has 0 aromatic heterocycles. The third-order valence-electron chi connectivity index (χ3n) is 2.84. The van der Waals surface area contributed by atoms with Crippen molar-refractivity contribution >= 4 is 15.9 Å². The number of ether oxygens (including phenoxy) is 2. The zero-order valence-electron chi connectivity index (χ0n) is 9.47. The number of alkyl halides is 3. The highest BCUT2D eigenvalue weighted by atomic mass is 79.9. The zero-order chi connectivity index (χ0) is 13.2. The standard InChI is InChI=1S/C12H12BrF3O2/c13-10-5-4-9(17-7-8-2-1-3-8)6-11(10)18-12(14,15)16/h4-6,8H,1-3,7H2. The van der Waals surface area contributed by atoms with E-state index in [1.807, 2.05) is 0 Å². The first-order valence-corrected chi connectivity index (χ1v) is 6.41. The first kappa shape index (κ1) is 13.5. The molecule has 0 heterocycles. The molecule has 0 N–H and O–H groups in total. The Morgan fingerprint density at radius 1 is 1.28 bits per heavy atom. The van der Waals surface area contributed by atoms with Crippen LogP contribution in [-0.4, -0.2) is 13.0 Å². The second kappa shape index (κ2) is 5.38. The average Bonchev–Trinajstić information content (AvgIpc) is 2.18. The Morgan fingerprint density at radius 2 is 2.00 bits per heavy atom. The van der Waals surface area contributed by atoms with Crippen LogP contribution < -0.4 is 9.47 Å². The van der Waals surface area contributed by atoms with E-state index in [2.05, 4.69) is 20.7 Å². The maximum atomic E-state index is 12.1. The lowest BCUT2D eigenvalue weighted by atomic mass is 9.86. The number of hydrogen-bond donors (Lipinski definition) is 0. The van der Waals surface area contributed by atoms with E-state index < -0.39 is 6.36 Å². The molecule has 0 bridgehead atoms. The van der Waals surface area contributed by atoms with E-state index >= 15 is 0 Å². The molecule has 1 aromatic carbocycles. The topological polar surface area (TPSA) is 18.5 Å². The molecule has 0 amide bonds. The van der Waals surface area contributed by atoms with Crippen molar-refractivity contribution in [3.05, 3.63) is 22.7 Å². The lowest BCUT2D eigenvalue weighted by molar-refractivity contribution is -0.274. The summed E-state index contributed by atoms with van der Waals surface area (Å²) in [6, 6.07) is 4.35. The van der Waals surface area contributed by atoms with Gasteiger partial charge in [-0.1, -0.05) is 6.42 Å². The third-order valence-corrected chi connectivity index (χ3v) is 3.49. The van der Waals surface area contributed by atoms with Gasteiger partial charge >= 0.3 is 6.36 Å². The normalized spacial score (nSPS) is 16.2. The van der Waals surface area contributed by atoms with Gasteiger partial charge in [-0.3, -0.25) is 0 Å². The minimum absolute atomic E-state index is 0.246. The highest BCUT2D eigenvalue weighted by Gasteiger charge is 2.32. The average molecular weight is 325 g/mol. The summed E-state index contributed by atoms with van der Waals surface area (Å²) in [6.07, 6.45) is -1.24. The van der Waals surface area contributed by atoms with Crippen molar-refractivity contribution in [2.45, 2.75) is 25.6 Å². The molecular weight excluding hydrogens is 313 g/mol. The first-order valence-electron chi connectivity index (χ1n) is 5.62. The molecule has 100 valence electrons. The summed E-state index contributed by atoms with van der Waals surface area (Å²) in [7, 11) is 0. The minimum Gasteiger partial charge on any atom is -0.493 e. The third kappa shape index (κ3) is 3.80. The Morgan fingerprint density at radius 3 is 2.56 bits per heavy atom. The molecule has 1 aliphatic carbocycles. The van der Waals surface area contributed by atoms with Crippen LogP contribution in [0.25, 0.3) is 0 Å². The van der Waals surface area contributed by atoms with E-state index in [9.17, 15) is 13.2 Å². The van der Waals surface area contributed by atoms with Gasteiger partial charge in [0.05, 0.1) is 11.1 Å². The van der Waals surface area contributed by atoms with Crippen LogP contribution in [0.1, 0.15) is 19.3 Å². The summed E-state index contributed by atoms with van der Waals surface area (Å²) in [5, 5.41) is 0. The molecule has 0 unspecified atom stereocenters. The molecule has 2 nitrogen and oxygen atoms in total. The van der Waals surface area contributed by atoms with Gasteiger partial charge in [0.15, 0.2) is 0 Å². The predicted molar refractivity (Wildman–Crippen MR) is 63.7 cm³/mol. The SMILES string of the molecule is FC(F)(F)Oc1cc(OCC2CCC2)ccc1Br. The fourth-order valence-electron chi connectivity index (χ4n) is 1.65. The molecule has 2 rings (SSSR count). The highest BCUT2D eigenvalue weighted by Crippen LogP contribution is 2.34. The molecule has 0 aliphatic heterocycles. The fraction of sp³-hybridized carbons (Fsp3) is 0.500. The summed E-state index contributed by atoms with van der Waals surface area (Å²) in [6.45, 7) is 0.549. The number of hydrogen-bond acceptors (Lipinski definition) is 2. The van der Waals surface area contributed by atoms with Gasteiger partial charge in [-0.2, -0.15) is 0 Å². The van der Waals surface area contributed by atoms with Crippen LogP contribution in [-0.2, 0) is 0 Å². The zero-order valence-corrected chi connectivity index (χ0v) is 11.1. The van der Waals surface area contributed by atoms with Gasteiger partial charge in [-0.25, -0.2) is 0 Å². The molecule has 0 atom stereocenters. The molecular formula is C12H12BrF3O2. The summed E-state index contributed by atoms with van der Waals surface area (Å²) in [5.74, 6) is 0.638. The summed E-state index contributed by atoms with van der Waals surface area (Å²) in [5.41, 5.74) is 0. The minimum atomic E-state index is -4.70. The van der Waals surface area contributed by atoms with Crippen molar-refractivity contribution < 1.29 is 22.6 Å². The smallest absolute Gasteiger partial charge is 0.493 e. The second-order valence-electron chi connectivity index (χ2n) is 4.25. The van der Waals surface area contributed by atoms with Crippen molar-refractivity contribution in [1.82, 2.24) is 0 Å². The number of halogens is 4. The van der Waals surface area contributed by atoms with E-state index in [0.29, 0.717) is 18.3 Å². The van der Waals surface area contributed by atoms with Gasteiger partial charge in [0.1, 0.15) is 11.5 Å². The van der Waals surface area contributed by atoms with Gasteiger partial charge in [0.2, 0.25) is 0 Å². The second-order valence-corrected chi connectivity index (χ2v) is 5.10. The molecule has 1 fully saturated rings. The Kier molecular flexibility index (Phi) is 4.04. The van der Waals surface area contributed by atoms with Gasteiger partial charge in [-0.15, -0.1) is 13.2 Å². The van der Waals surface area contributed by atoms with Gasteiger partial charge in [0, 0.05) is 6.07 Å². The predicted octanol–water partition coefficient (Wildman–Crippen LogP) is 4.53. The van der Waals surface area contributed by atoms with Gasteiger partial charge in [0.25, 0.3) is 0 Å². The van der Waals surface area contributed by atoms with Crippen molar-refractivity contribution in [1.29, 1.82) is 0 Å². The quantitative estimate of drug-likeness (QED) is 0.810. The molecule has 0 saturated heterocycles. The van der Waals surface area contributed by atoms with Crippen LogP contribution >= 0.6 is 15.9 Å². The van der Waals surface area contributed by atoms with E-state index in [4.69, 9.17) is 4.74 Å². The fourth-order valence-corrected chi connectivity index (χ4v) is 1.98. The van der Waals surface area contributed by atoms with Crippen LogP contribution in [0.3, 0.4) is 0 Å². The Bertz CT molecular complexity index is 416. The van der Waals surface area contributed by atoms with Crippen LogP contribution in [0.2, 0.25) is 0 Å². The summed E-state index contributed by atoms with van der Waals surface area (Å²) in [4.78, 5) is 0. The highest BCUT2D eigenvalue weighted by molar-refractivity contribution is 9.10. The van der Waals surface area contributed by atoms with E-state index in [1.165, 1.54) is 18.6 Å². The number of rotatable bonds is 4. The van der Waals surface area contributed by atoms with Gasteiger partial charge < -0.3 is 9.47 Å². The molecule has 1 aliphatic rings. The van der Waals surface area contributed by atoms with Crippen LogP contribution in [0.4, 0.5) is 13.2 Å². The maximum Gasteiger partial charge on any atom is 0.573 e. The van der Waals surface area contributed by atoms with Crippen LogP contribution in [0, 0.1) is 5.92 Å². The van der Waals surface area contributed by atoms with Crippen LogP contribution in [0.5, 0.6) is 11.5 Å². The largest absolute Gasteiger partial charge is 0.573 e. The van der Waals surface area contributed by atoms with E-state index in [1.54, 1.807) is 6.07 Å². The lowest BCUT2D eigenvalue weighted by Crippen LogP contribution is -2.19. The van der Waals surface area contributed by atoms with E-state index in [-0.39, 0.29) is 10.2 Å².